The molecule has 4 heteroatoms. The lowest BCUT2D eigenvalue weighted by Crippen LogP contribution is -2.23. The summed E-state index contributed by atoms with van der Waals surface area (Å²) in [6.45, 7) is 0.664. The fraction of sp³-hybridized carbons (Fsp3) is 0.176. The van der Waals surface area contributed by atoms with Gasteiger partial charge in [0.25, 0.3) is 0 Å². The molecule has 0 bridgehead atoms. The number of hydrogen-bond acceptors (Lipinski definition) is 4. The molecule has 0 aliphatic rings. The number of hydrogen-bond donors (Lipinski definition) is 1. The maximum Gasteiger partial charge on any atom is 0.319 e. The van der Waals surface area contributed by atoms with Crippen LogP contribution in [0.3, 0.4) is 0 Å². The first kappa shape index (κ1) is 14.8. The van der Waals surface area contributed by atoms with Crippen LogP contribution in [-0.4, -0.2) is 19.6 Å². The highest BCUT2D eigenvalue weighted by molar-refractivity contribution is 5.72. The van der Waals surface area contributed by atoms with Gasteiger partial charge in [-0.25, -0.2) is 0 Å². The van der Waals surface area contributed by atoms with Crippen molar-refractivity contribution in [2.45, 2.75) is 6.54 Å². The van der Waals surface area contributed by atoms with E-state index in [1.54, 1.807) is 0 Å². The van der Waals surface area contributed by atoms with Crippen molar-refractivity contribution in [1.29, 1.82) is 5.26 Å². The molecule has 0 aromatic heterocycles. The summed E-state index contributed by atoms with van der Waals surface area (Å²) in [6.07, 6.45) is 0. The number of nitrogens with zero attached hydrogens (tertiary/aromatic N) is 1. The molecule has 2 aromatic carbocycles. The normalized spacial score (nSPS) is 9.90. The second-order valence-electron chi connectivity index (χ2n) is 4.54. The van der Waals surface area contributed by atoms with E-state index in [0.717, 1.165) is 16.7 Å². The fourth-order valence-electron chi connectivity index (χ4n) is 2.04. The molecule has 2 aromatic rings. The number of nitriles is 1. The summed E-state index contributed by atoms with van der Waals surface area (Å²) in [5.41, 5.74) is 3.51. The molecule has 0 fully saturated rings. The minimum absolute atomic E-state index is 0.152. The maximum atomic E-state index is 11.0. The van der Waals surface area contributed by atoms with E-state index in [-0.39, 0.29) is 12.5 Å². The lowest BCUT2D eigenvalue weighted by Gasteiger charge is -2.08. The van der Waals surface area contributed by atoms with Crippen LogP contribution < -0.4 is 5.32 Å². The standard InChI is InChI=1S/C17H16N2O2/c1-21-17(20)12-19-11-13-7-8-16(15(9-13)10-18)14-5-3-2-4-6-14/h2-9,19H,11-12H2,1H3. The van der Waals surface area contributed by atoms with Crippen LogP contribution in [0, 0.1) is 11.3 Å². The van der Waals surface area contributed by atoms with Gasteiger partial charge in [-0.2, -0.15) is 5.26 Å². The van der Waals surface area contributed by atoms with E-state index in [1.165, 1.54) is 7.11 Å². The van der Waals surface area contributed by atoms with Gasteiger partial charge in [0.1, 0.15) is 0 Å². The van der Waals surface area contributed by atoms with Crippen LogP contribution in [0.15, 0.2) is 48.5 Å². The van der Waals surface area contributed by atoms with E-state index in [2.05, 4.69) is 16.1 Å². The van der Waals surface area contributed by atoms with Crippen LogP contribution in [0.4, 0.5) is 0 Å². The van der Waals surface area contributed by atoms with Crippen molar-refractivity contribution >= 4 is 5.97 Å². The van der Waals surface area contributed by atoms with Gasteiger partial charge in [0.15, 0.2) is 0 Å². The second kappa shape index (κ2) is 7.22. The predicted octanol–water partition coefficient (Wildman–Crippen LogP) is 2.49. The Bertz CT molecular complexity index is 660. The smallest absolute Gasteiger partial charge is 0.319 e. The zero-order valence-electron chi connectivity index (χ0n) is 11.8. The molecular formula is C17H16N2O2. The van der Waals surface area contributed by atoms with Crippen LogP contribution >= 0.6 is 0 Å². The van der Waals surface area contributed by atoms with E-state index in [4.69, 9.17) is 0 Å². The molecule has 1 N–H and O–H groups in total. The molecule has 0 atom stereocenters. The van der Waals surface area contributed by atoms with Crippen LogP contribution in [0.1, 0.15) is 11.1 Å². The maximum absolute atomic E-state index is 11.0. The Hall–Kier alpha value is -2.64. The Kier molecular flexibility index (Phi) is 5.08. The second-order valence-corrected chi connectivity index (χ2v) is 4.54. The summed E-state index contributed by atoms with van der Waals surface area (Å²) in [7, 11) is 1.35. The Balaban J connectivity index is 2.14. The molecule has 0 saturated heterocycles. The first-order valence-electron chi connectivity index (χ1n) is 6.60. The third-order valence-corrected chi connectivity index (χ3v) is 3.12. The molecule has 0 aliphatic heterocycles. The minimum Gasteiger partial charge on any atom is -0.468 e. The summed E-state index contributed by atoms with van der Waals surface area (Å²) in [6, 6.07) is 17.7. The highest BCUT2D eigenvalue weighted by Gasteiger charge is 2.06. The SMILES string of the molecule is COC(=O)CNCc1ccc(-c2ccccc2)c(C#N)c1. The van der Waals surface area contributed by atoms with E-state index in [9.17, 15) is 10.1 Å². The molecule has 0 spiro atoms. The summed E-state index contributed by atoms with van der Waals surface area (Å²) >= 11 is 0. The molecule has 0 heterocycles. The lowest BCUT2D eigenvalue weighted by molar-refractivity contribution is -0.139. The zero-order valence-corrected chi connectivity index (χ0v) is 11.8. The van der Waals surface area contributed by atoms with Gasteiger partial charge in [-0.1, -0.05) is 42.5 Å². The van der Waals surface area contributed by atoms with Crippen LogP contribution in [0.25, 0.3) is 11.1 Å². The summed E-state index contributed by atoms with van der Waals surface area (Å²) in [5, 5.41) is 12.3. The van der Waals surface area contributed by atoms with Crippen molar-refractivity contribution in [3.05, 3.63) is 59.7 Å². The van der Waals surface area contributed by atoms with Gasteiger partial charge in [0.05, 0.1) is 25.3 Å². The Labute approximate surface area is 124 Å². The highest BCUT2D eigenvalue weighted by Crippen LogP contribution is 2.24. The number of benzene rings is 2. The van der Waals surface area contributed by atoms with E-state index in [1.807, 2.05) is 48.5 Å². The summed E-state index contributed by atoms with van der Waals surface area (Å²) in [4.78, 5) is 11.0. The first-order chi connectivity index (χ1) is 10.2. The molecular weight excluding hydrogens is 264 g/mol. The van der Waals surface area contributed by atoms with Gasteiger partial charge < -0.3 is 10.1 Å². The molecule has 2 rings (SSSR count). The molecule has 0 amide bonds. The number of carbonyl (C=O) groups excluding carboxylic acids is 1. The number of carbonyl (C=O) groups is 1. The average molecular weight is 280 g/mol. The third-order valence-electron chi connectivity index (χ3n) is 3.12. The van der Waals surface area contributed by atoms with E-state index in [0.29, 0.717) is 12.1 Å². The zero-order chi connectivity index (χ0) is 15.1. The quantitative estimate of drug-likeness (QED) is 0.855. The van der Waals surface area contributed by atoms with Crippen molar-refractivity contribution in [1.82, 2.24) is 5.32 Å². The minimum atomic E-state index is -0.309. The Morgan fingerprint density at radius 1 is 1.24 bits per heavy atom. The van der Waals surface area contributed by atoms with Crippen molar-refractivity contribution in [2.24, 2.45) is 0 Å². The number of nitrogens with one attached hydrogen (secondary N) is 1. The van der Waals surface area contributed by atoms with Crippen molar-refractivity contribution in [3.63, 3.8) is 0 Å². The van der Waals surface area contributed by atoms with E-state index < -0.39 is 0 Å². The highest BCUT2D eigenvalue weighted by atomic mass is 16.5. The van der Waals surface area contributed by atoms with Crippen molar-refractivity contribution in [2.75, 3.05) is 13.7 Å². The van der Waals surface area contributed by atoms with Gasteiger partial charge in [-0.3, -0.25) is 4.79 Å². The fourth-order valence-corrected chi connectivity index (χ4v) is 2.04. The van der Waals surface area contributed by atoms with Gasteiger partial charge in [0.2, 0.25) is 0 Å². The van der Waals surface area contributed by atoms with Gasteiger partial charge >= 0.3 is 5.97 Å². The Morgan fingerprint density at radius 3 is 2.67 bits per heavy atom. The molecule has 0 radical (unpaired) electrons. The van der Waals surface area contributed by atoms with E-state index >= 15 is 0 Å². The molecule has 0 saturated carbocycles. The number of esters is 1. The molecule has 4 nitrogen and oxygen atoms in total. The molecule has 21 heavy (non-hydrogen) atoms. The lowest BCUT2D eigenvalue weighted by atomic mass is 9.98. The van der Waals surface area contributed by atoms with Gasteiger partial charge in [-0.05, 0) is 22.8 Å². The summed E-state index contributed by atoms with van der Waals surface area (Å²) in [5.74, 6) is -0.309. The number of rotatable bonds is 5. The van der Waals surface area contributed by atoms with Crippen LogP contribution in [0.5, 0.6) is 0 Å². The molecule has 0 aliphatic carbocycles. The monoisotopic (exact) mass is 280 g/mol. The van der Waals surface area contributed by atoms with Crippen LogP contribution in [-0.2, 0) is 16.1 Å². The van der Waals surface area contributed by atoms with Crippen molar-refractivity contribution in [3.8, 4) is 17.2 Å². The molecule has 0 unspecified atom stereocenters. The molecule has 106 valence electrons. The Morgan fingerprint density at radius 2 is 2.00 bits per heavy atom. The number of ether oxygens (including phenoxy) is 1. The third kappa shape index (κ3) is 3.91. The largest absolute Gasteiger partial charge is 0.468 e. The van der Waals surface area contributed by atoms with Crippen LogP contribution in [0.2, 0.25) is 0 Å². The predicted molar refractivity (Wildman–Crippen MR) is 80.3 cm³/mol. The van der Waals surface area contributed by atoms with Gasteiger partial charge in [-0.15, -0.1) is 0 Å². The summed E-state index contributed by atoms with van der Waals surface area (Å²) < 4.78 is 4.56. The number of methoxy groups -OCH3 is 1. The topological polar surface area (TPSA) is 62.1 Å². The van der Waals surface area contributed by atoms with Gasteiger partial charge in [0, 0.05) is 6.54 Å². The average Bonchev–Trinajstić information content (AvgIpc) is 2.55. The first-order valence-corrected chi connectivity index (χ1v) is 6.60. The van der Waals surface area contributed by atoms with Crippen molar-refractivity contribution < 1.29 is 9.53 Å².